The first-order valence-electron chi connectivity index (χ1n) is 8.61. The van der Waals surface area contributed by atoms with Crippen LogP contribution < -0.4 is 5.32 Å². The predicted molar refractivity (Wildman–Crippen MR) is 85.8 cm³/mol. The summed E-state index contributed by atoms with van der Waals surface area (Å²) in [7, 11) is 0. The van der Waals surface area contributed by atoms with Crippen LogP contribution in [0.2, 0.25) is 0 Å². The van der Waals surface area contributed by atoms with Gasteiger partial charge in [0.05, 0.1) is 6.42 Å². The highest BCUT2D eigenvalue weighted by Gasteiger charge is 2.68. The van der Waals surface area contributed by atoms with Crippen LogP contribution in [0, 0.1) is 23.6 Å². The number of hydrogen-bond acceptors (Lipinski definition) is 2. The molecule has 0 heterocycles. The summed E-state index contributed by atoms with van der Waals surface area (Å²) in [6.45, 7) is 1.55. The SMILES string of the molecule is CC(=O)N[C@@]12CC3CC(C1)[C@](CC(=O)O)(c1ccc(F)cc1)C3C2. The number of carbonyl (C=O) groups is 2. The van der Waals surface area contributed by atoms with Gasteiger partial charge in [-0.25, -0.2) is 4.39 Å². The monoisotopic (exact) mass is 331 g/mol. The second kappa shape index (κ2) is 5.04. The molecule has 128 valence electrons. The Bertz CT molecular complexity index is 699. The number of carboxylic acid groups (broad SMARTS) is 1. The van der Waals surface area contributed by atoms with Gasteiger partial charge in [-0.1, -0.05) is 12.1 Å². The summed E-state index contributed by atoms with van der Waals surface area (Å²) in [6.07, 6.45) is 3.69. The van der Waals surface area contributed by atoms with Crippen LogP contribution in [0.1, 0.15) is 44.6 Å². The molecular weight excluding hydrogens is 309 g/mol. The molecule has 5 atom stereocenters. The van der Waals surface area contributed by atoms with Crippen molar-refractivity contribution in [3.05, 3.63) is 35.6 Å². The van der Waals surface area contributed by atoms with Gasteiger partial charge in [0.15, 0.2) is 0 Å². The third-order valence-electron chi connectivity index (χ3n) is 6.71. The summed E-state index contributed by atoms with van der Waals surface area (Å²) >= 11 is 0. The van der Waals surface area contributed by atoms with Crippen molar-refractivity contribution in [2.75, 3.05) is 0 Å². The molecule has 4 aliphatic rings. The van der Waals surface area contributed by atoms with E-state index in [-0.39, 0.29) is 35.5 Å². The molecule has 0 spiro atoms. The van der Waals surface area contributed by atoms with Crippen LogP contribution in [0.15, 0.2) is 24.3 Å². The molecule has 24 heavy (non-hydrogen) atoms. The number of benzene rings is 1. The van der Waals surface area contributed by atoms with Crippen molar-refractivity contribution in [2.24, 2.45) is 17.8 Å². The van der Waals surface area contributed by atoms with E-state index in [0.29, 0.717) is 5.92 Å². The number of halogens is 1. The summed E-state index contributed by atoms with van der Waals surface area (Å²) < 4.78 is 13.4. The van der Waals surface area contributed by atoms with Gasteiger partial charge in [-0.2, -0.15) is 0 Å². The lowest BCUT2D eigenvalue weighted by Gasteiger charge is -2.49. The lowest BCUT2D eigenvalue weighted by Crippen LogP contribution is -2.55. The number of amides is 1. The fourth-order valence-corrected chi connectivity index (χ4v) is 6.31. The van der Waals surface area contributed by atoms with Gasteiger partial charge in [0, 0.05) is 17.9 Å². The van der Waals surface area contributed by atoms with Gasteiger partial charge in [-0.05, 0) is 61.1 Å². The van der Waals surface area contributed by atoms with Crippen molar-refractivity contribution in [1.29, 1.82) is 0 Å². The van der Waals surface area contributed by atoms with E-state index in [0.717, 1.165) is 31.2 Å². The van der Waals surface area contributed by atoms with E-state index in [2.05, 4.69) is 5.32 Å². The summed E-state index contributed by atoms with van der Waals surface area (Å²) in [6, 6.07) is 6.39. The summed E-state index contributed by atoms with van der Waals surface area (Å²) in [5.74, 6) is -0.203. The summed E-state index contributed by atoms with van der Waals surface area (Å²) in [4.78, 5) is 23.3. The minimum atomic E-state index is -0.802. The highest BCUT2D eigenvalue weighted by atomic mass is 19.1. The molecule has 1 amide bonds. The maximum atomic E-state index is 13.4. The molecule has 3 unspecified atom stereocenters. The Balaban J connectivity index is 1.76. The van der Waals surface area contributed by atoms with Crippen LogP contribution in [0.5, 0.6) is 0 Å². The van der Waals surface area contributed by atoms with E-state index >= 15 is 0 Å². The highest BCUT2D eigenvalue weighted by molar-refractivity contribution is 5.74. The Morgan fingerprint density at radius 1 is 1.25 bits per heavy atom. The zero-order valence-corrected chi connectivity index (χ0v) is 13.7. The average molecular weight is 331 g/mol. The first kappa shape index (κ1) is 15.6. The van der Waals surface area contributed by atoms with Crippen LogP contribution in [-0.4, -0.2) is 22.5 Å². The van der Waals surface area contributed by atoms with Gasteiger partial charge in [0.1, 0.15) is 5.82 Å². The minimum Gasteiger partial charge on any atom is -0.481 e. The molecule has 0 aliphatic heterocycles. The molecular formula is C19H22FNO3. The molecule has 0 saturated heterocycles. The van der Waals surface area contributed by atoms with Gasteiger partial charge in [-0.15, -0.1) is 0 Å². The van der Waals surface area contributed by atoms with Crippen LogP contribution in [0.4, 0.5) is 4.39 Å². The molecule has 1 aromatic rings. The molecule has 4 fully saturated rings. The largest absolute Gasteiger partial charge is 0.481 e. The molecule has 4 nitrogen and oxygen atoms in total. The first-order chi connectivity index (χ1) is 11.3. The number of carboxylic acids is 1. The maximum Gasteiger partial charge on any atom is 0.304 e. The number of nitrogens with one attached hydrogen (secondary N) is 1. The van der Waals surface area contributed by atoms with Crippen molar-refractivity contribution < 1.29 is 19.1 Å². The van der Waals surface area contributed by atoms with Crippen LogP contribution in [-0.2, 0) is 15.0 Å². The Morgan fingerprint density at radius 3 is 2.54 bits per heavy atom. The van der Waals surface area contributed by atoms with Crippen molar-refractivity contribution in [3.8, 4) is 0 Å². The zero-order chi connectivity index (χ0) is 17.1. The van der Waals surface area contributed by atoms with Gasteiger partial charge >= 0.3 is 5.97 Å². The average Bonchev–Trinajstić information content (AvgIpc) is 2.85. The van der Waals surface area contributed by atoms with E-state index in [1.54, 1.807) is 19.1 Å². The second-order valence-corrected chi connectivity index (χ2v) is 7.99. The van der Waals surface area contributed by atoms with E-state index in [1.165, 1.54) is 12.1 Å². The standard InChI is InChI=1S/C19H22FNO3/c1-11(22)21-18-7-12-6-14(8-18)19(10-17(23)24,16(12)9-18)13-2-4-15(20)5-3-13/h2-5,12,14,16H,6-10H2,1H3,(H,21,22)(H,23,24)/t12?,14?,16?,18-,19-/m0/s1. The van der Waals surface area contributed by atoms with E-state index < -0.39 is 11.4 Å². The number of hydrogen-bond donors (Lipinski definition) is 2. The van der Waals surface area contributed by atoms with E-state index in [9.17, 15) is 19.1 Å². The summed E-state index contributed by atoms with van der Waals surface area (Å²) in [5.41, 5.74) is 0.358. The van der Waals surface area contributed by atoms with Crippen molar-refractivity contribution in [3.63, 3.8) is 0 Å². The van der Waals surface area contributed by atoms with E-state index in [4.69, 9.17) is 0 Å². The van der Waals surface area contributed by atoms with Gasteiger partial charge in [0.2, 0.25) is 5.91 Å². The van der Waals surface area contributed by atoms with Crippen molar-refractivity contribution in [2.45, 2.75) is 50.0 Å². The third kappa shape index (κ3) is 2.10. The molecule has 5 heteroatoms. The smallest absolute Gasteiger partial charge is 0.304 e. The first-order valence-corrected chi connectivity index (χ1v) is 8.61. The normalized spacial score (nSPS) is 39.2. The fraction of sp³-hybridized carbons (Fsp3) is 0.579. The minimum absolute atomic E-state index is 0.0115. The summed E-state index contributed by atoms with van der Waals surface area (Å²) in [5, 5.41) is 12.7. The Labute approximate surface area is 140 Å². The Morgan fingerprint density at radius 2 is 1.96 bits per heavy atom. The van der Waals surface area contributed by atoms with Crippen LogP contribution in [0.25, 0.3) is 0 Å². The van der Waals surface area contributed by atoms with Gasteiger partial charge < -0.3 is 10.4 Å². The zero-order valence-electron chi connectivity index (χ0n) is 13.7. The van der Waals surface area contributed by atoms with Gasteiger partial charge in [0.25, 0.3) is 0 Å². The fourth-order valence-electron chi connectivity index (χ4n) is 6.31. The van der Waals surface area contributed by atoms with Crippen molar-refractivity contribution in [1.82, 2.24) is 5.32 Å². The molecule has 4 aliphatic carbocycles. The number of aliphatic carboxylic acids is 1. The molecule has 5 rings (SSSR count). The molecule has 2 N–H and O–H groups in total. The quantitative estimate of drug-likeness (QED) is 0.891. The maximum absolute atomic E-state index is 13.4. The van der Waals surface area contributed by atoms with Crippen LogP contribution >= 0.6 is 0 Å². The lowest BCUT2D eigenvalue weighted by atomic mass is 9.57. The third-order valence-corrected chi connectivity index (χ3v) is 6.71. The highest BCUT2D eigenvalue weighted by Crippen LogP contribution is 2.69. The number of rotatable bonds is 4. The molecule has 4 bridgehead atoms. The van der Waals surface area contributed by atoms with Gasteiger partial charge in [-0.3, -0.25) is 9.59 Å². The molecule has 4 saturated carbocycles. The number of carbonyl (C=O) groups excluding carboxylic acids is 1. The Hall–Kier alpha value is -1.91. The molecule has 0 aromatic heterocycles. The Kier molecular flexibility index (Phi) is 3.28. The topological polar surface area (TPSA) is 66.4 Å². The predicted octanol–water partition coefficient (Wildman–Crippen LogP) is 2.86. The lowest BCUT2D eigenvalue weighted by molar-refractivity contribution is -0.140. The van der Waals surface area contributed by atoms with Crippen LogP contribution in [0.3, 0.4) is 0 Å². The second-order valence-electron chi connectivity index (χ2n) is 7.99. The molecule has 0 radical (unpaired) electrons. The molecule has 1 aromatic carbocycles. The van der Waals surface area contributed by atoms with Crippen molar-refractivity contribution >= 4 is 11.9 Å². The van der Waals surface area contributed by atoms with E-state index in [1.807, 2.05) is 0 Å².